The standard InChI is InChI=1S/C21H32N2O3Si/c1-19(2,3)27(7,8)26-20(4,5)21(6,15-22)14-17(24)23-18(25)16-12-10-9-11-13-16/h9-13H,14H2,1-8H3,(H,23,24,25). The third-order valence-corrected chi connectivity index (χ3v) is 10.3. The van der Waals surface area contributed by atoms with Crippen molar-refractivity contribution in [1.82, 2.24) is 5.32 Å². The molecule has 1 aromatic carbocycles. The van der Waals surface area contributed by atoms with Crippen molar-refractivity contribution in [3.63, 3.8) is 0 Å². The zero-order valence-corrected chi connectivity index (χ0v) is 18.8. The second-order valence-electron chi connectivity index (χ2n) is 9.24. The van der Waals surface area contributed by atoms with Gasteiger partial charge in [-0.3, -0.25) is 14.9 Å². The smallest absolute Gasteiger partial charge is 0.257 e. The van der Waals surface area contributed by atoms with E-state index in [1.54, 1.807) is 37.3 Å². The minimum Gasteiger partial charge on any atom is -0.410 e. The summed E-state index contributed by atoms with van der Waals surface area (Å²) >= 11 is 0. The lowest BCUT2D eigenvalue weighted by Crippen LogP contribution is -2.54. The molecule has 1 aromatic rings. The molecule has 0 radical (unpaired) electrons. The average molecular weight is 389 g/mol. The molecule has 0 aliphatic carbocycles. The molecule has 2 amide bonds. The number of nitrogens with zero attached hydrogens (tertiary/aromatic N) is 1. The van der Waals surface area contributed by atoms with Crippen molar-refractivity contribution in [2.75, 3.05) is 0 Å². The number of amides is 2. The molecule has 148 valence electrons. The van der Waals surface area contributed by atoms with E-state index in [9.17, 15) is 14.9 Å². The Hall–Kier alpha value is -1.97. The Balaban J connectivity index is 2.95. The van der Waals surface area contributed by atoms with Gasteiger partial charge in [0.2, 0.25) is 5.91 Å². The molecule has 1 atom stereocenters. The number of imide groups is 1. The lowest BCUT2D eigenvalue weighted by atomic mass is 9.74. The molecule has 1 rings (SSSR count). The molecule has 1 unspecified atom stereocenters. The fraction of sp³-hybridized carbons (Fsp3) is 0.571. The Labute approximate surface area is 164 Å². The van der Waals surface area contributed by atoms with Crippen LogP contribution in [-0.4, -0.2) is 25.7 Å². The number of carbonyl (C=O) groups is 2. The summed E-state index contributed by atoms with van der Waals surface area (Å²) in [7, 11) is -2.15. The van der Waals surface area contributed by atoms with E-state index in [2.05, 4.69) is 45.3 Å². The van der Waals surface area contributed by atoms with Crippen LogP contribution in [0.3, 0.4) is 0 Å². The molecule has 0 saturated heterocycles. The zero-order chi connectivity index (χ0) is 21.1. The van der Waals surface area contributed by atoms with E-state index in [1.807, 2.05) is 13.8 Å². The molecule has 6 heteroatoms. The summed E-state index contributed by atoms with van der Waals surface area (Å²) in [4.78, 5) is 24.7. The molecule has 5 nitrogen and oxygen atoms in total. The Morgan fingerprint density at radius 1 is 1.07 bits per heavy atom. The van der Waals surface area contributed by atoms with Gasteiger partial charge in [-0.2, -0.15) is 5.26 Å². The third kappa shape index (κ3) is 5.50. The number of hydrogen-bond acceptors (Lipinski definition) is 4. The van der Waals surface area contributed by atoms with Crippen LogP contribution < -0.4 is 5.32 Å². The summed E-state index contributed by atoms with van der Waals surface area (Å²) in [6.07, 6.45) is -0.121. The molecule has 0 aliphatic rings. The summed E-state index contributed by atoms with van der Waals surface area (Å²) in [6.45, 7) is 16.0. The van der Waals surface area contributed by atoms with Gasteiger partial charge in [0.1, 0.15) is 0 Å². The van der Waals surface area contributed by atoms with Gasteiger partial charge in [0.05, 0.1) is 17.1 Å². The summed E-state index contributed by atoms with van der Waals surface area (Å²) < 4.78 is 6.49. The predicted molar refractivity (Wildman–Crippen MR) is 110 cm³/mol. The number of rotatable bonds is 6. The second kappa shape index (κ2) is 7.95. The van der Waals surface area contributed by atoms with Gasteiger partial charge in [-0.1, -0.05) is 39.0 Å². The molecule has 0 bridgehead atoms. The van der Waals surface area contributed by atoms with Crippen LogP contribution in [0.15, 0.2) is 30.3 Å². The average Bonchev–Trinajstić information content (AvgIpc) is 2.53. The van der Waals surface area contributed by atoms with Gasteiger partial charge in [-0.15, -0.1) is 0 Å². The highest BCUT2D eigenvalue weighted by molar-refractivity contribution is 6.74. The predicted octanol–water partition coefficient (Wildman–Crippen LogP) is 4.66. The van der Waals surface area contributed by atoms with Crippen LogP contribution in [-0.2, 0) is 9.22 Å². The number of hydrogen-bond donors (Lipinski definition) is 1. The SMILES string of the molecule is CC(C#N)(CC(=O)NC(=O)c1ccccc1)C(C)(C)O[Si](C)(C)C(C)(C)C. The van der Waals surface area contributed by atoms with Gasteiger partial charge in [-0.25, -0.2) is 0 Å². The van der Waals surface area contributed by atoms with Gasteiger partial charge in [0, 0.05) is 12.0 Å². The topological polar surface area (TPSA) is 79.2 Å². The van der Waals surface area contributed by atoms with Crippen LogP contribution in [0.4, 0.5) is 0 Å². The second-order valence-corrected chi connectivity index (χ2v) is 14.0. The quantitative estimate of drug-likeness (QED) is 0.719. The fourth-order valence-electron chi connectivity index (χ4n) is 2.44. The van der Waals surface area contributed by atoms with Gasteiger partial charge < -0.3 is 4.43 Å². The molecular weight excluding hydrogens is 356 g/mol. The number of nitriles is 1. The van der Waals surface area contributed by atoms with Gasteiger partial charge in [0.25, 0.3) is 5.91 Å². The van der Waals surface area contributed by atoms with Crippen LogP contribution in [0.2, 0.25) is 18.1 Å². The maximum Gasteiger partial charge on any atom is 0.257 e. The lowest BCUT2D eigenvalue weighted by molar-refractivity contribution is -0.124. The van der Waals surface area contributed by atoms with E-state index in [0.29, 0.717) is 5.56 Å². The molecule has 0 saturated carbocycles. The van der Waals surface area contributed by atoms with Gasteiger partial charge in [-0.05, 0) is 51.0 Å². The van der Waals surface area contributed by atoms with Crippen molar-refractivity contribution in [2.45, 2.75) is 71.7 Å². The highest BCUT2D eigenvalue weighted by atomic mass is 28.4. The Morgan fingerprint density at radius 3 is 2.04 bits per heavy atom. The van der Waals surface area contributed by atoms with Crippen molar-refractivity contribution >= 4 is 20.1 Å². The first-order valence-corrected chi connectivity index (χ1v) is 12.1. The summed E-state index contributed by atoms with van der Waals surface area (Å²) in [5, 5.41) is 12.2. The molecule has 0 heterocycles. The van der Waals surface area contributed by atoms with Crippen molar-refractivity contribution in [1.29, 1.82) is 5.26 Å². The Bertz CT molecular complexity index is 730. The zero-order valence-electron chi connectivity index (χ0n) is 17.8. The minimum atomic E-state index is -2.15. The van der Waals surface area contributed by atoms with Crippen LogP contribution in [0.1, 0.15) is 58.3 Å². The van der Waals surface area contributed by atoms with Crippen molar-refractivity contribution in [2.24, 2.45) is 5.41 Å². The molecule has 0 aromatic heterocycles. The van der Waals surface area contributed by atoms with E-state index in [0.717, 1.165) is 0 Å². The Kier molecular flexibility index (Phi) is 6.79. The lowest BCUT2D eigenvalue weighted by Gasteiger charge is -2.47. The van der Waals surface area contributed by atoms with Crippen molar-refractivity contribution < 1.29 is 14.0 Å². The first-order chi connectivity index (χ1) is 12.2. The van der Waals surface area contributed by atoms with Crippen LogP contribution in [0.5, 0.6) is 0 Å². The van der Waals surface area contributed by atoms with E-state index in [4.69, 9.17) is 4.43 Å². The first kappa shape index (κ1) is 23.1. The molecule has 0 spiro atoms. The van der Waals surface area contributed by atoms with Gasteiger partial charge >= 0.3 is 0 Å². The highest BCUT2D eigenvalue weighted by Gasteiger charge is 2.50. The monoisotopic (exact) mass is 388 g/mol. The maximum absolute atomic E-state index is 12.5. The molecule has 27 heavy (non-hydrogen) atoms. The normalized spacial score (nSPS) is 14.8. The third-order valence-electron chi connectivity index (χ3n) is 5.70. The number of nitrogens with one attached hydrogen (secondary N) is 1. The first-order valence-electron chi connectivity index (χ1n) is 9.16. The van der Waals surface area contributed by atoms with Gasteiger partial charge in [0.15, 0.2) is 8.32 Å². The Morgan fingerprint density at radius 2 is 1.59 bits per heavy atom. The molecule has 1 N–H and O–H groups in total. The molecule has 0 fully saturated rings. The number of carbonyl (C=O) groups excluding carboxylic acids is 2. The van der Waals surface area contributed by atoms with Crippen LogP contribution >= 0.6 is 0 Å². The summed E-state index contributed by atoms with van der Waals surface area (Å²) in [5.41, 5.74) is -1.53. The number of benzene rings is 1. The largest absolute Gasteiger partial charge is 0.410 e. The van der Waals surface area contributed by atoms with E-state index in [1.165, 1.54) is 0 Å². The molecular formula is C21H32N2O3Si. The summed E-state index contributed by atoms with van der Waals surface area (Å²) in [5.74, 6) is -0.955. The van der Waals surface area contributed by atoms with E-state index in [-0.39, 0.29) is 11.5 Å². The maximum atomic E-state index is 12.5. The van der Waals surface area contributed by atoms with Crippen molar-refractivity contribution in [3.05, 3.63) is 35.9 Å². The van der Waals surface area contributed by atoms with Crippen LogP contribution in [0.25, 0.3) is 0 Å². The highest BCUT2D eigenvalue weighted by Crippen LogP contribution is 2.45. The van der Waals surface area contributed by atoms with Crippen LogP contribution in [0, 0.1) is 16.7 Å². The fourth-order valence-corrected chi connectivity index (χ4v) is 4.25. The summed E-state index contributed by atoms with van der Waals surface area (Å²) in [6, 6.07) is 10.8. The van der Waals surface area contributed by atoms with E-state index >= 15 is 0 Å². The van der Waals surface area contributed by atoms with E-state index < -0.39 is 31.1 Å². The van der Waals surface area contributed by atoms with Crippen molar-refractivity contribution in [3.8, 4) is 6.07 Å². The minimum absolute atomic E-state index is 0.0217. The molecule has 0 aliphatic heterocycles.